The van der Waals surface area contributed by atoms with Crippen molar-refractivity contribution in [3.05, 3.63) is 52.0 Å². The summed E-state index contributed by atoms with van der Waals surface area (Å²) < 4.78 is 33.7. The maximum absolute atomic E-state index is 12.9. The zero-order valence-electron chi connectivity index (χ0n) is 17.5. The van der Waals surface area contributed by atoms with Crippen LogP contribution in [0.2, 0.25) is 5.02 Å². The molecule has 1 amide bonds. The Morgan fingerprint density at radius 1 is 1.16 bits per heavy atom. The van der Waals surface area contributed by atoms with E-state index in [1.54, 1.807) is 44.3 Å². The molecule has 0 spiro atoms. The van der Waals surface area contributed by atoms with Crippen LogP contribution in [-0.2, 0) is 14.8 Å². The first kappa shape index (κ1) is 24.0. The largest absolute Gasteiger partial charge is 0.480 e. The van der Waals surface area contributed by atoms with Crippen molar-refractivity contribution in [1.29, 1.82) is 0 Å². The van der Waals surface area contributed by atoms with Gasteiger partial charge in [-0.05, 0) is 78.2 Å². The van der Waals surface area contributed by atoms with Crippen molar-refractivity contribution < 1.29 is 17.9 Å². The molecule has 1 aliphatic rings. The van der Waals surface area contributed by atoms with Crippen LogP contribution < -0.4 is 10.1 Å². The minimum atomic E-state index is -3.57. The first-order chi connectivity index (χ1) is 14.7. The summed E-state index contributed by atoms with van der Waals surface area (Å²) in [5.74, 6) is 0.149. The van der Waals surface area contributed by atoms with Crippen LogP contribution in [0.5, 0.6) is 5.75 Å². The third kappa shape index (κ3) is 6.00. The third-order valence-corrected chi connectivity index (χ3v) is 8.23. The van der Waals surface area contributed by atoms with E-state index >= 15 is 0 Å². The Hall–Kier alpha value is -1.61. The highest BCUT2D eigenvalue weighted by Crippen LogP contribution is 2.29. The van der Waals surface area contributed by atoms with Gasteiger partial charge in [0, 0.05) is 23.8 Å². The lowest BCUT2D eigenvalue weighted by Crippen LogP contribution is -2.38. The maximum Gasteiger partial charge on any atom is 0.265 e. The second kappa shape index (κ2) is 10.3. The number of halogens is 2. The molecule has 1 N–H and O–H groups in total. The fraction of sp³-hybridized carbons (Fsp3) is 0.409. The molecule has 1 saturated carbocycles. The van der Waals surface area contributed by atoms with Crippen LogP contribution in [0.15, 0.2) is 51.8 Å². The summed E-state index contributed by atoms with van der Waals surface area (Å²) >= 11 is 9.28. The number of carbonyl (C=O) groups excluding carboxylic acids is 1. The summed E-state index contributed by atoms with van der Waals surface area (Å²) in [7, 11) is -1.92. The van der Waals surface area contributed by atoms with E-state index in [1.165, 1.54) is 16.4 Å². The van der Waals surface area contributed by atoms with Gasteiger partial charge in [-0.2, -0.15) is 4.31 Å². The van der Waals surface area contributed by atoms with Crippen LogP contribution in [0, 0.1) is 0 Å². The predicted molar refractivity (Wildman–Crippen MR) is 126 cm³/mol. The highest BCUT2D eigenvalue weighted by atomic mass is 79.9. The number of benzene rings is 2. The Kier molecular flexibility index (Phi) is 8.02. The fourth-order valence-corrected chi connectivity index (χ4v) is 5.77. The monoisotopic (exact) mass is 528 g/mol. The average molecular weight is 530 g/mol. The molecule has 0 aromatic heterocycles. The van der Waals surface area contributed by atoms with Crippen LogP contribution in [0.4, 0.5) is 5.69 Å². The lowest BCUT2D eigenvalue weighted by molar-refractivity contribution is -0.122. The number of hydrogen-bond acceptors (Lipinski definition) is 4. The molecule has 0 radical (unpaired) electrons. The first-order valence-electron chi connectivity index (χ1n) is 10.2. The van der Waals surface area contributed by atoms with Gasteiger partial charge in [-0.15, -0.1) is 0 Å². The van der Waals surface area contributed by atoms with Crippen molar-refractivity contribution in [3.63, 3.8) is 0 Å². The summed E-state index contributed by atoms with van der Waals surface area (Å²) in [5.41, 5.74) is 0.495. The Balaban J connectivity index is 1.63. The molecule has 168 valence electrons. The van der Waals surface area contributed by atoms with Crippen LogP contribution in [0.1, 0.15) is 39.0 Å². The van der Waals surface area contributed by atoms with Crippen molar-refractivity contribution in [1.82, 2.24) is 4.31 Å². The van der Waals surface area contributed by atoms with E-state index in [1.807, 2.05) is 0 Å². The van der Waals surface area contributed by atoms with E-state index in [9.17, 15) is 13.2 Å². The normalized spacial score (nSPS) is 16.2. The van der Waals surface area contributed by atoms with Crippen molar-refractivity contribution in [3.8, 4) is 5.75 Å². The number of rotatable bonds is 7. The fourth-order valence-electron chi connectivity index (χ4n) is 3.58. The molecule has 9 heteroatoms. The van der Waals surface area contributed by atoms with Gasteiger partial charge in [-0.1, -0.05) is 30.9 Å². The van der Waals surface area contributed by atoms with E-state index in [0.717, 1.165) is 32.1 Å². The lowest BCUT2D eigenvalue weighted by atomic mass is 9.96. The van der Waals surface area contributed by atoms with Crippen LogP contribution in [-0.4, -0.2) is 37.8 Å². The van der Waals surface area contributed by atoms with Gasteiger partial charge in [0.15, 0.2) is 6.10 Å². The molecular formula is C22H26BrClN2O4S. The average Bonchev–Trinajstić information content (AvgIpc) is 2.76. The molecule has 6 nitrogen and oxygen atoms in total. The molecule has 1 atom stereocenters. The Bertz CT molecular complexity index is 1020. The van der Waals surface area contributed by atoms with E-state index in [2.05, 4.69) is 21.2 Å². The molecule has 3 rings (SSSR count). The van der Waals surface area contributed by atoms with Crippen LogP contribution in [0.25, 0.3) is 0 Å². The van der Waals surface area contributed by atoms with E-state index < -0.39 is 16.1 Å². The van der Waals surface area contributed by atoms with Gasteiger partial charge in [-0.3, -0.25) is 4.79 Å². The number of sulfonamides is 1. The SMILES string of the molecule is CC(Oc1ccc(Cl)cc1Br)C(=O)Nc1ccc(S(=O)(=O)N(C)C2CCCCC2)cc1. The van der Waals surface area contributed by atoms with Gasteiger partial charge in [0.05, 0.1) is 9.37 Å². The van der Waals surface area contributed by atoms with E-state index in [4.69, 9.17) is 16.3 Å². The number of nitrogens with one attached hydrogen (secondary N) is 1. The molecule has 2 aromatic rings. The van der Waals surface area contributed by atoms with Gasteiger partial charge < -0.3 is 10.1 Å². The molecule has 2 aromatic carbocycles. The van der Waals surface area contributed by atoms with E-state index in [0.29, 0.717) is 20.9 Å². The molecule has 0 heterocycles. The molecule has 1 fully saturated rings. The van der Waals surface area contributed by atoms with Crippen molar-refractivity contribution in [2.24, 2.45) is 0 Å². The topological polar surface area (TPSA) is 75.7 Å². The molecule has 0 saturated heterocycles. The van der Waals surface area contributed by atoms with Crippen molar-refractivity contribution >= 4 is 49.1 Å². The Labute approximate surface area is 197 Å². The number of nitrogens with zero attached hydrogens (tertiary/aromatic N) is 1. The molecule has 1 unspecified atom stereocenters. The smallest absolute Gasteiger partial charge is 0.265 e. The summed E-state index contributed by atoms with van der Waals surface area (Å²) in [6.45, 7) is 1.63. The number of hydrogen-bond donors (Lipinski definition) is 1. The van der Waals surface area contributed by atoms with Crippen molar-refractivity contribution in [2.75, 3.05) is 12.4 Å². The number of anilines is 1. The first-order valence-corrected chi connectivity index (χ1v) is 12.8. The standard InChI is InChI=1S/C22H26BrClN2O4S/c1-15(30-21-13-8-16(24)14-20(21)23)22(27)25-17-9-11-19(12-10-17)31(28,29)26(2)18-6-4-3-5-7-18/h8-15,18H,3-7H2,1-2H3,(H,25,27). The van der Waals surface area contributed by atoms with Gasteiger partial charge in [0.25, 0.3) is 5.91 Å². The van der Waals surface area contributed by atoms with Gasteiger partial charge in [0.1, 0.15) is 5.75 Å². The van der Waals surface area contributed by atoms with Gasteiger partial charge >= 0.3 is 0 Å². The highest BCUT2D eigenvalue weighted by molar-refractivity contribution is 9.10. The molecule has 1 aliphatic carbocycles. The maximum atomic E-state index is 12.9. The quantitative estimate of drug-likeness (QED) is 0.517. The van der Waals surface area contributed by atoms with E-state index in [-0.39, 0.29) is 16.8 Å². The van der Waals surface area contributed by atoms with Crippen LogP contribution in [0.3, 0.4) is 0 Å². The van der Waals surface area contributed by atoms with Crippen LogP contribution >= 0.6 is 27.5 Å². The van der Waals surface area contributed by atoms with Crippen molar-refractivity contribution in [2.45, 2.75) is 56.1 Å². The predicted octanol–water partition coefficient (Wildman–Crippen LogP) is 5.46. The lowest BCUT2D eigenvalue weighted by Gasteiger charge is -2.30. The minimum Gasteiger partial charge on any atom is -0.480 e. The third-order valence-electron chi connectivity index (χ3n) is 5.45. The minimum absolute atomic E-state index is 0.0447. The molecular weight excluding hydrogens is 504 g/mol. The summed E-state index contributed by atoms with van der Waals surface area (Å²) in [6.07, 6.45) is 4.30. The number of carbonyl (C=O) groups is 1. The summed E-state index contributed by atoms with van der Waals surface area (Å²) in [5, 5.41) is 3.31. The Morgan fingerprint density at radius 2 is 1.81 bits per heavy atom. The van der Waals surface area contributed by atoms with Gasteiger partial charge in [-0.25, -0.2) is 8.42 Å². The Morgan fingerprint density at radius 3 is 2.42 bits per heavy atom. The summed E-state index contributed by atoms with van der Waals surface area (Å²) in [4.78, 5) is 12.7. The summed E-state index contributed by atoms with van der Waals surface area (Å²) in [6, 6.07) is 11.3. The number of amides is 1. The molecule has 0 aliphatic heterocycles. The zero-order chi connectivity index (χ0) is 22.6. The second-order valence-corrected chi connectivity index (χ2v) is 10.9. The molecule has 31 heavy (non-hydrogen) atoms. The number of ether oxygens (including phenoxy) is 1. The second-order valence-electron chi connectivity index (χ2n) is 7.66. The molecule has 0 bridgehead atoms. The highest BCUT2D eigenvalue weighted by Gasteiger charge is 2.29. The zero-order valence-corrected chi connectivity index (χ0v) is 20.6. The van der Waals surface area contributed by atoms with Gasteiger partial charge in [0.2, 0.25) is 10.0 Å².